The second-order valence-corrected chi connectivity index (χ2v) is 7.41. The summed E-state index contributed by atoms with van der Waals surface area (Å²) in [6.45, 7) is 0. The summed E-state index contributed by atoms with van der Waals surface area (Å²) in [6, 6.07) is 13.1. The van der Waals surface area contributed by atoms with E-state index in [0.717, 1.165) is 11.3 Å². The molecule has 162 valence electrons. The SMILES string of the molecule is COc1ccc(CC(NC(=O)Nc2ccc(Cl)cc2)c2ocnc2C(=O)N(C)C)cc1. The van der Waals surface area contributed by atoms with Crippen LogP contribution in [0.15, 0.2) is 59.3 Å². The molecular formula is C22H23ClN4O4. The fourth-order valence-corrected chi connectivity index (χ4v) is 3.07. The Kier molecular flexibility index (Phi) is 7.15. The summed E-state index contributed by atoms with van der Waals surface area (Å²) in [7, 11) is 4.84. The molecule has 3 amide bonds. The van der Waals surface area contributed by atoms with E-state index in [1.54, 1.807) is 45.5 Å². The maximum Gasteiger partial charge on any atom is 0.319 e. The predicted octanol–water partition coefficient (Wildman–Crippen LogP) is 4.14. The largest absolute Gasteiger partial charge is 0.497 e. The average molecular weight is 443 g/mol. The standard InChI is InChI=1S/C22H23ClN4O4/c1-27(2)21(28)19-20(31-13-24-19)18(12-14-4-10-17(30-3)11-5-14)26-22(29)25-16-8-6-15(23)7-9-16/h4-11,13,18H,12H2,1-3H3,(H2,25,26,29). The highest BCUT2D eigenvalue weighted by Crippen LogP contribution is 2.24. The Labute approximate surface area is 185 Å². The second-order valence-electron chi connectivity index (χ2n) is 6.97. The van der Waals surface area contributed by atoms with Gasteiger partial charge in [0.2, 0.25) is 0 Å². The number of nitrogens with zero attached hydrogens (tertiary/aromatic N) is 2. The summed E-state index contributed by atoms with van der Waals surface area (Å²) in [5.74, 6) is 0.682. The third-order valence-electron chi connectivity index (χ3n) is 4.53. The molecular weight excluding hydrogens is 420 g/mol. The van der Waals surface area contributed by atoms with Crippen molar-refractivity contribution in [2.24, 2.45) is 0 Å². The number of oxazole rings is 1. The van der Waals surface area contributed by atoms with Crippen LogP contribution >= 0.6 is 11.6 Å². The summed E-state index contributed by atoms with van der Waals surface area (Å²) < 4.78 is 10.7. The summed E-state index contributed by atoms with van der Waals surface area (Å²) in [5, 5.41) is 6.19. The first-order valence-electron chi connectivity index (χ1n) is 9.48. The van der Waals surface area contributed by atoms with Crippen molar-refractivity contribution in [1.29, 1.82) is 0 Å². The summed E-state index contributed by atoms with van der Waals surface area (Å²) >= 11 is 5.89. The van der Waals surface area contributed by atoms with Gasteiger partial charge in [0.25, 0.3) is 5.91 Å². The zero-order valence-electron chi connectivity index (χ0n) is 17.4. The topological polar surface area (TPSA) is 96.7 Å². The number of hydrogen-bond donors (Lipinski definition) is 2. The van der Waals surface area contributed by atoms with E-state index in [9.17, 15) is 9.59 Å². The molecule has 0 saturated carbocycles. The Morgan fingerprint density at radius 2 is 1.81 bits per heavy atom. The van der Waals surface area contributed by atoms with Gasteiger partial charge in [-0.2, -0.15) is 0 Å². The summed E-state index contributed by atoms with van der Waals surface area (Å²) in [5.41, 5.74) is 1.64. The molecule has 0 radical (unpaired) electrons. The van der Waals surface area contributed by atoms with Crippen LogP contribution in [0.4, 0.5) is 10.5 Å². The number of hydrogen-bond acceptors (Lipinski definition) is 5. The minimum absolute atomic E-state index is 0.148. The lowest BCUT2D eigenvalue weighted by Gasteiger charge is -2.19. The van der Waals surface area contributed by atoms with E-state index in [-0.39, 0.29) is 17.4 Å². The Morgan fingerprint density at radius 1 is 1.13 bits per heavy atom. The molecule has 8 nitrogen and oxygen atoms in total. The van der Waals surface area contributed by atoms with Crippen molar-refractivity contribution in [2.45, 2.75) is 12.5 Å². The highest BCUT2D eigenvalue weighted by molar-refractivity contribution is 6.30. The third-order valence-corrected chi connectivity index (χ3v) is 4.78. The van der Waals surface area contributed by atoms with E-state index >= 15 is 0 Å². The van der Waals surface area contributed by atoms with E-state index in [2.05, 4.69) is 15.6 Å². The minimum Gasteiger partial charge on any atom is -0.497 e. The van der Waals surface area contributed by atoms with E-state index in [0.29, 0.717) is 17.1 Å². The lowest BCUT2D eigenvalue weighted by atomic mass is 10.0. The van der Waals surface area contributed by atoms with Crippen LogP contribution in [0.3, 0.4) is 0 Å². The van der Waals surface area contributed by atoms with Crippen LogP contribution < -0.4 is 15.4 Å². The number of rotatable bonds is 7. The number of aromatic nitrogens is 1. The molecule has 1 heterocycles. The summed E-state index contributed by atoms with van der Waals surface area (Å²) in [4.78, 5) is 30.7. The van der Waals surface area contributed by atoms with Crippen LogP contribution in [0.2, 0.25) is 5.02 Å². The van der Waals surface area contributed by atoms with Gasteiger partial charge in [-0.1, -0.05) is 23.7 Å². The molecule has 0 aliphatic rings. The molecule has 3 rings (SSSR count). The van der Waals surface area contributed by atoms with Gasteiger partial charge in [-0.25, -0.2) is 9.78 Å². The van der Waals surface area contributed by atoms with Crippen molar-refractivity contribution in [1.82, 2.24) is 15.2 Å². The van der Waals surface area contributed by atoms with Gasteiger partial charge in [-0.15, -0.1) is 0 Å². The highest BCUT2D eigenvalue weighted by atomic mass is 35.5. The minimum atomic E-state index is -0.637. The van der Waals surface area contributed by atoms with Gasteiger partial charge in [0.05, 0.1) is 13.2 Å². The first-order chi connectivity index (χ1) is 14.9. The van der Waals surface area contributed by atoms with Crippen molar-refractivity contribution < 1.29 is 18.7 Å². The van der Waals surface area contributed by atoms with Crippen LogP contribution in [0.1, 0.15) is 27.9 Å². The molecule has 1 aromatic heterocycles. The monoisotopic (exact) mass is 442 g/mol. The zero-order chi connectivity index (χ0) is 22.4. The fraction of sp³-hybridized carbons (Fsp3) is 0.227. The second kappa shape index (κ2) is 9.99. The maximum absolute atomic E-state index is 12.7. The van der Waals surface area contributed by atoms with Gasteiger partial charge in [-0.05, 0) is 42.0 Å². The summed E-state index contributed by atoms with van der Waals surface area (Å²) in [6.07, 6.45) is 1.58. The van der Waals surface area contributed by atoms with Gasteiger partial charge < -0.3 is 24.7 Å². The van der Waals surface area contributed by atoms with Crippen LogP contribution in [-0.4, -0.2) is 43.0 Å². The molecule has 2 aromatic carbocycles. The first kappa shape index (κ1) is 22.2. The number of anilines is 1. The van der Waals surface area contributed by atoms with E-state index in [1.165, 1.54) is 11.3 Å². The number of carbonyl (C=O) groups excluding carboxylic acids is 2. The van der Waals surface area contributed by atoms with Crippen LogP contribution in [-0.2, 0) is 6.42 Å². The van der Waals surface area contributed by atoms with Crippen LogP contribution in [0.25, 0.3) is 0 Å². The molecule has 0 aliphatic heterocycles. The smallest absolute Gasteiger partial charge is 0.319 e. The van der Waals surface area contributed by atoms with E-state index in [4.69, 9.17) is 20.8 Å². The van der Waals surface area contributed by atoms with Crippen molar-refractivity contribution in [3.63, 3.8) is 0 Å². The molecule has 0 bridgehead atoms. The van der Waals surface area contributed by atoms with Crippen LogP contribution in [0, 0.1) is 0 Å². The Hall–Kier alpha value is -3.52. The van der Waals surface area contributed by atoms with Gasteiger partial charge in [0.1, 0.15) is 5.75 Å². The Morgan fingerprint density at radius 3 is 2.42 bits per heavy atom. The molecule has 0 fully saturated rings. The molecule has 0 aliphatic carbocycles. The number of ether oxygens (including phenoxy) is 1. The molecule has 0 saturated heterocycles. The molecule has 2 N–H and O–H groups in total. The quantitative estimate of drug-likeness (QED) is 0.573. The van der Waals surface area contributed by atoms with Gasteiger partial charge in [0.15, 0.2) is 17.8 Å². The zero-order valence-corrected chi connectivity index (χ0v) is 18.1. The van der Waals surface area contributed by atoms with Gasteiger partial charge in [-0.3, -0.25) is 4.79 Å². The predicted molar refractivity (Wildman–Crippen MR) is 118 cm³/mol. The number of amides is 3. The number of nitrogens with one attached hydrogen (secondary N) is 2. The molecule has 1 atom stereocenters. The molecule has 9 heteroatoms. The number of methoxy groups -OCH3 is 1. The van der Waals surface area contributed by atoms with E-state index in [1.807, 2.05) is 24.3 Å². The molecule has 1 unspecified atom stereocenters. The molecule has 0 spiro atoms. The number of carbonyl (C=O) groups is 2. The third kappa shape index (κ3) is 5.76. The average Bonchev–Trinajstić information content (AvgIpc) is 3.24. The number of halogens is 1. The van der Waals surface area contributed by atoms with Crippen molar-refractivity contribution >= 4 is 29.2 Å². The van der Waals surface area contributed by atoms with Gasteiger partial charge in [0, 0.05) is 31.2 Å². The van der Waals surface area contributed by atoms with Gasteiger partial charge >= 0.3 is 6.03 Å². The Balaban J connectivity index is 1.85. The number of benzene rings is 2. The van der Waals surface area contributed by atoms with E-state index < -0.39 is 12.1 Å². The fourth-order valence-electron chi connectivity index (χ4n) is 2.94. The molecule has 3 aromatic rings. The normalized spacial score (nSPS) is 11.5. The Bertz CT molecular complexity index is 1030. The first-order valence-corrected chi connectivity index (χ1v) is 9.86. The lowest BCUT2D eigenvalue weighted by molar-refractivity contribution is 0.0819. The lowest BCUT2D eigenvalue weighted by Crippen LogP contribution is -2.35. The van der Waals surface area contributed by atoms with Crippen molar-refractivity contribution in [3.8, 4) is 5.75 Å². The number of urea groups is 1. The van der Waals surface area contributed by atoms with Crippen molar-refractivity contribution in [2.75, 3.05) is 26.5 Å². The maximum atomic E-state index is 12.7. The highest BCUT2D eigenvalue weighted by Gasteiger charge is 2.27. The molecule has 31 heavy (non-hydrogen) atoms. The van der Waals surface area contributed by atoms with Crippen LogP contribution in [0.5, 0.6) is 5.75 Å². The van der Waals surface area contributed by atoms with Crippen molar-refractivity contribution in [3.05, 3.63) is 77.0 Å².